The Morgan fingerprint density at radius 3 is 2.22 bits per heavy atom. The van der Waals surface area contributed by atoms with Gasteiger partial charge in [0.05, 0.1) is 0 Å². The topological polar surface area (TPSA) is 12.5 Å². The summed E-state index contributed by atoms with van der Waals surface area (Å²) in [7, 11) is 0. The summed E-state index contributed by atoms with van der Waals surface area (Å²) in [6, 6.07) is 20.3. The van der Waals surface area contributed by atoms with E-state index in [9.17, 15) is 0 Å². The van der Waals surface area contributed by atoms with Crippen LogP contribution in [0.2, 0.25) is 0 Å². The van der Waals surface area contributed by atoms with Gasteiger partial charge in [-0.05, 0) is 12.1 Å². The van der Waals surface area contributed by atoms with Crippen LogP contribution in [0.15, 0.2) is 60.7 Å². The van der Waals surface area contributed by atoms with E-state index in [1.165, 1.54) is 0 Å². The fourth-order valence-electron chi connectivity index (χ4n) is 2.16. The highest BCUT2D eigenvalue weighted by Gasteiger charge is 2.31. The number of rotatable bonds is 2. The van der Waals surface area contributed by atoms with Gasteiger partial charge < -0.3 is 9.64 Å². The maximum atomic E-state index is 5.80. The van der Waals surface area contributed by atoms with E-state index in [1.807, 2.05) is 36.4 Å². The summed E-state index contributed by atoms with van der Waals surface area (Å²) >= 11 is 5.40. The van der Waals surface area contributed by atoms with Crippen LogP contribution >= 0.6 is 12.2 Å². The molecule has 1 aliphatic rings. The molecule has 3 rings (SSSR count). The van der Waals surface area contributed by atoms with Gasteiger partial charge in [0.15, 0.2) is 6.23 Å². The first kappa shape index (κ1) is 11.4. The molecule has 0 N–H and O–H groups in total. The van der Waals surface area contributed by atoms with E-state index < -0.39 is 0 Å². The zero-order valence-electron chi connectivity index (χ0n) is 9.82. The van der Waals surface area contributed by atoms with Crippen molar-refractivity contribution >= 4 is 22.9 Å². The molecule has 0 amide bonds. The Morgan fingerprint density at radius 2 is 1.56 bits per heavy atom. The van der Waals surface area contributed by atoms with Gasteiger partial charge in [0, 0.05) is 11.3 Å². The fourth-order valence-corrected chi connectivity index (χ4v) is 2.43. The maximum Gasteiger partial charge on any atom is 0.161 e. The second kappa shape index (κ2) is 4.88. The molecule has 1 saturated heterocycles. The third-order valence-corrected chi connectivity index (χ3v) is 3.30. The van der Waals surface area contributed by atoms with Crippen LogP contribution in [0.1, 0.15) is 11.8 Å². The van der Waals surface area contributed by atoms with Crippen LogP contribution in [0.3, 0.4) is 0 Å². The number of benzene rings is 2. The number of hydrogen-bond acceptors (Lipinski definition) is 2. The van der Waals surface area contributed by atoms with E-state index in [2.05, 4.69) is 29.2 Å². The van der Waals surface area contributed by atoms with Crippen molar-refractivity contribution in [2.24, 2.45) is 0 Å². The molecule has 90 valence electrons. The molecule has 3 heteroatoms. The molecular weight excluding hydrogens is 242 g/mol. The molecule has 1 aliphatic heterocycles. The van der Waals surface area contributed by atoms with Gasteiger partial charge in [0.2, 0.25) is 0 Å². The van der Waals surface area contributed by atoms with E-state index in [0.29, 0.717) is 6.61 Å². The molecule has 1 unspecified atom stereocenters. The quantitative estimate of drug-likeness (QED) is 0.761. The van der Waals surface area contributed by atoms with Gasteiger partial charge in [0.25, 0.3) is 0 Å². The summed E-state index contributed by atoms with van der Waals surface area (Å²) in [5, 5.41) is 0. The van der Waals surface area contributed by atoms with Crippen molar-refractivity contribution in [1.29, 1.82) is 0 Å². The number of thiocarbonyl (C=S) groups is 1. The molecule has 1 heterocycles. The molecule has 0 aromatic heterocycles. The lowest BCUT2D eigenvalue weighted by molar-refractivity contribution is 0.117. The molecule has 2 aromatic carbocycles. The SMILES string of the molecule is S=C1COC(c2ccccc2)N1c1ccccc1. The smallest absolute Gasteiger partial charge is 0.161 e. The molecule has 0 radical (unpaired) electrons. The standard InChI is InChI=1S/C15H13NOS/c18-14-11-17-15(12-7-3-1-4-8-12)16(14)13-9-5-2-6-10-13/h1-10,15H,11H2. The average molecular weight is 255 g/mol. The number of anilines is 1. The van der Waals surface area contributed by atoms with Gasteiger partial charge in [-0.25, -0.2) is 0 Å². The van der Waals surface area contributed by atoms with Gasteiger partial charge in [-0.2, -0.15) is 0 Å². The number of ether oxygens (including phenoxy) is 1. The van der Waals surface area contributed by atoms with Crippen molar-refractivity contribution in [1.82, 2.24) is 0 Å². The molecular formula is C15H13NOS. The van der Waals surface area contributed by atoms with Gasteiger partial charge in [0.1, 0.15) is 11.6 Å². The summed E-state index contributed by atoms with van der Waals surface area (Å²) in [4.78, 5) is 2.90. The van der Waals surface area contributed by atoms with E-state index in [-0.39, 0.29) is 6.23 Å². The van der Waals surface area contributed by atoms with Crippen LogP contribution in [-0.4, -0.2) is 11.6 Å². The summed E-state index contributed by atoms with van der Waals surface area (Å²) in [5.74, 6) is 0. The molecule has 2 nitrogen and oxygen atoms in total. The Hall–Kier alpha value is -1.71. The average Bonchev–Trinajstić information content (AvgIpc) is 2.83. The van der Waals surface area contributed by atoms with Crippen LogP contribution in [-0.2, 0) is 4.74 Å². The Morgan fingerprint density at radius 1 is 0.944 bits per heavy atom. The summed E-state index contributed by atoms with van der Waals surface area (Å²) in [6.07, 6.45) is -0.110. The Balaban J connectivity index is 1.98. The molecule has 1 fully saturated rings. The van der Waals surface area contributed by atoms with E-state index in [0.717, 1.165) is 16.2 Å². The minimum Gasteiger partial charge on any atom is -0.347 e. The van der Waals surface area contributed by atoms with Crippen LogP contribution < -0.4 is 4.90 Å². The molecule has 0 spiro atoms. The summed E-state index contributed by atoms with van der Waals surface area (Å²) in [6.45, 7) is 0.504. The summed E-state index contributed by atoms with van der Waals surface area (Å²) in [5.41, 5.74) is 2.20. The van der Waals surface area contributed by atoms with Crippen LogP contribution in [0, 0.1) is 0 Å². The van der Waals surface area contributed by atoms with E-state index >= 15 is 0 Å². The van der Waals surface area contributed by atoms with Gasteiger partial charge in [-0.15, -0.1) is 0 Å². The first-order valence-corrected chi connectivity index (χ1v) is 6.31. The first-order chi connectivity index (χ1) is 8.86. The second-order valence-electron chi connectivity index (χ2n) is 4.17. The number of hydrogen-bond donors (Lipinski definition) is 0. The molecule has 0 saturated carbocycles. The van der Waals surface area contributed by atoms with Crippen molar-refractivity contribution in [2.75, 3.05) is 11.5 Å². The highest BCUT2D eigenvalue weighted by atomic mass is 32.1. The third kappa shape index (κ3) is 2.03. The predicted molar refractivity (Wildman–Crippen MR) is 76.7 cm³/mol. The van der Waals surface area contributed by atoms with Crippen LogP contribution in [0.5, 0.6) is 0 Å². The lowest BCUT2D eigenvalue weighted by Crippen LogP contribution is -2.26. The largest absolute Gasteiger partial charge is 0.347 e. The fraction of sp³-hybridized carbons (Fsp3) is 0.133. The third-order valence-electron chi connectivity index (χ3n) is 2.99. The Bertz CT molecular complexity index is 541. The second-order valence-corrected chi connectivity index (χ2v) is 4.64. The molecule has 1 atom stereocenters. The Labute approximate surface area is 112 Å². The van der Waals surface area contributed by atoms with Crippen molar-refractivity contribution < 1.29 is 4.74 Å². The lowest BCUT2D eigenvalue weighted by Gasteiger charge is -2.25. The van der Waals surface area contributed by atoms with Crippen LogP contribution in [0.25, 0.3) is 0 Å². The number of nitrogens with zero attached hydrogens (tertiary/aromatic N) is 1. The maximum absolute atomic E-state index is 5.80. The van der Waals surface area contributed by atoms with Gasteiger partial charge >= 0.3 is 0 Å². The van der Waals surface area contributed by atoms with Crippen LogP contribution in [0.4, 0.5) is 5.69 Å². The minimum absolute atomic E-state index is 0.110. The highest BCUT2D eigenvalue weighted by molar-refractivity contribution is 7.80. The first-order valence-electron chi connectivity index (χ1n) is 5.90. The Kier molecular flexibility index (Phi) is 3.09. The molecule has 18 heavy (non-hydrogen) atoms. The highest BCUT2D eigenvalue weighted by Crippen LogP contribution is 2.32. The molecule has 0 bridgehead atoms. The zero-order valence-corrected chi connectivity index (χ0v) is 10.6. The predicted octanol–water partition coefficient (Wildman–Crippen LogP) is 3.55. The monoisotopic (exact) mass is 255 g/mol. The minimum atomic E-state index is -0.110. The zero-order chi connectivity index (χ0) is 12.4. The van der Waals surface area contributed by atoms with E-state index in [1.54, 1.807) is 0 Å². The van der Waals surface area contributed by atoms with E-state index in [4.69, 9.17) is 17.0 Å². The van der Waals surface area contributed by atoms with Crippen molar-refractivity contribution in [3.63, 3.8) is 0 Å². The molecule has 2 aromatic rings. The van der Waals surface area contributed by atoms with Gasteiger partial charge in [-0.1, -0.05) is 60.7 Å². The summed E-state index contributed by atoms with van der Waals surface area (Å²) < 4.78 is 5.80. The lowest BCUT2D eigenvalue weighted by atomic mass is 10.1. The van der Waals surface area contributed by atoms with Crippen molar-refractivity contribution in [3.8, 4) is 0 Å². The van der Waals surface area contributed by atoms with Crippen molar-refractivity contribution in [2.45, 2.75) is 6.23 Å². The van der Waals surface area contributed by atoms with Crippen molar-refractivity contribution in [3.05, 3.63) is 66.2 Å². The number of para-hydroxylation sites is 1. The van der Waals surface area contributed by atoms with Gasteiger partial charge in [-0.3, -0.25) is 0 Å². The normalized spacial score (nSPS) is 19.2. The molecule has 0 aliphatic carbocycles.